The Kier molecular flexibility index (Phi) is 28.8. The minimum atomic E-state index is -4.67. The Balaban J connectivity index is -0.0000000286. The van der Waals surface area contributed by atoms with E-state index in [-0.39, 0.29) is 23.5 Å². The molecular weight excluding hydrogens is 180 g/mol. The normalized spacial score (nSPS) is 6.78. The second-order valence-corrected chi connectivity index (χ2v) is 1.34. The molecule has 0 radical (unpaired) electrons. The number of hydrogen-bond donors (Lipinski definition) is 3. The Morgan fingerprint density at radius 3 is 1.11 bits per heavy atom. The van der Waals surface area contributed by atoms with Crippen LogP contribution in [0.5, 0.6) is 0 Å². The molecule has 0 heterocycles. The van der Waals surface area contributed by atoms with Crippen molar-refractivity contribution in [1.82, 2.24) is 6.15 Å². The van der Waals surface area contributed by atoms with Crippen molar-refractivity contribution in [2.75, 3.05) is 0 Å². The number of rotatable bonds is 0. The van der Waals surface area contributed by atoms with E-state index >= 15 is 0 Å². The molecule has 56 valence electrons. The molecule has 0 saturated heterocycles. The summed E-state index contributed by atoms with van der Waals surface area (Å²) >= 11 is 0.611. The molecule has 0 aliphatic heterocycles. The molecule has 0 rings (SSSR count). The van der Waals surface area contributed by atoms with Crippen LogP contribution in [0.15, 0.2) is 0 Å². The van der Waals surface area contributed by atoms with Crippen LogP contribution in [-0.4, -0.2) is 51.1 Å². The molecule has 0 unspecified atom stereocenters. The zero-order valence-electron chi connectivity index (χ0n) is 3.94. The van der Waals surface area contributed by atoms with Gasteiger partial charge >= 0.3 is 30.4 Å². The molecule has 9 heavy (non-hydrogen) atoms. The van der Waals surface area contributed by atoms with Crippen molar-refractivity contribution in [1.29, 1.82) is 0 Å². The van der Waals surface area contributed by atoms with Gasteiger partial charge < -0.3 is 6.15 Å². The molecule has 0 aromatic carbocycles. The van der Waals surface area contributed by atoms with Crippen LogP contribution in [0.2, 0.25) is 0 Å². The third-order valence-corrected chi connectivity index (χ3v) is 0. The van der Waals surface area contributed by atoms with Crippen LogP contribution in [0.3, 0.4) is 0 Å². The predicted octanol–water partition coefficient (Wildman–Crippen LogP) is -2.44. The first-order valence-electron chi connectivity index (χ1n) is 0.987. The van der Waals surface area contributed by atoms with Gasteiger partial charge in [0.25, 0.3) is 0 Å². The van der Waals surface area contributed by atoms with Gasteiger partial charge in [0, 0.05) is 0 Å². The fourth-order valence-electron chi connectivity index (χ4n) is 0. The molecule has 6 nitrogen and oxygen atoms in total. The second-order valence-electron chi connectivity index (χ2n) is 0.448. The van der Waals surface area contributed by atoms with E-state index < -0.39 is 10.4 Å². The summed E-state index contributed by atoms with van der Waals surface area (Å²) in [5, 5.41) is 0. The molecule has 0 spiro atoms. The van der Waals surface area contributed by atoms with E-state index in [1.165, 1.54) is 0 Å². The Morgan fingerprint density at radius 2 is 1.11 bits per heavy atom. The van der Waals surface area contributed by atoms with E-state index in [1.807, 2.05) is 0 Å². The zero-order valence-corrected chi connectivity index (χ0v) is 6.17. The molecule has 0 aliphatic rings. The molecule has 9 heteroatoms. The molecule has 0 atom stereocenters. The summed E-state index contributed by atoms with van der Waals surface area (Å²) in [6, 6.07) is 0. The van der Waals surface area contributed by atoms with E-state index in [4.69, 9.17) is 21.3 Å². The topological polar surface area (TPSA) is 127 Å². The van der Waals surface area contributed by atoms with E-state index in [2.05, 4.69) is 0 Å². The van der Waals surface area contributed by atoms with Crippen LogP contribution in [0.25, 0.3) is 0 Å². The van der Waals surface area contributed by atoms with Crippen LogP contribution in [-0.2, 0) is 14.2 Å². The molecule has 0 aliphatic carbocycles. The molecule has 0 aromatic rings. The van der Waals surface area contributed by atoms with Crippen molar-refractivity contribution in [2.24, 2.45) is 0 Å². The Bertz CT molecular complexity index is 109. The van der Waals surface area contributed by atoms with Crippen molar-refractivity contribution < 1.29 is 21.3 Å². The van der Waals surface area contributed by atoms with Crippen molar-refractivity contribution in [3.05, 3.63) is 0 Å². The summed E-state index contributed by atoms with van der Waals surface area (Å²) in [6.45, 7) is 0. The zero-order chi connectivity index (χ0) is 6.50. The van der Waals surface area contributed by atoms with Gasteiger partial charge in [-0.1, -0.05) is 0 Å². The van der Waals surface area contributed by atoms with Crippen LogP contribution in [0.1, 0.15) is 0 Å². The van der Waals surface area contributed by atoms with Gasteiger partial charge in [0.1, 0.15) is 0 Å². The standard InChI is InChI=1S/2Al.H3N.H2O4S.O.4H/c;;;1-5(2,3)4;;;;;/h;;1H3;(H2,1,2,3,4);;;;;. The summed E-state index contributed by atoms with van der Waals surface area (Å²) in [7, 11) is -4.67. The fourth-order valence-corrected chi connectivity index (χ4v) is 0. The van der Waals surface area contributed by atoms with Gasteiger partial charge in [-0.3, -0.25) is 9.11 Å². The summed E-state index contributed by atoms with van der Waals surface area (Å²) in [6.07, 6.45) is 0. The van der Waals surface area contributed by atoms with Gasteiger partial charge in [-0.05, 0) is 0 Å². The molecule has 0 saturated carbocycles. The van der Waals surface area contributed by atoms with Gasteiger partial charge in [0.2, 0.25) is 0 Å². The van der Waals surface area contributed by atoms with Gasteiger partial charge in [-0.25, -0.2) is 0 Å². The molecule has 0 fully saturated rings. The van der Waals surface area contributed by atoms with Crippen LogP contribution >= 0.6 is 0 Å². The van der Waals surface area contributed by atoms with E-state index in [9.17, 15) is 0 Å². The number of hydrogen-bond acceptors (Lipinski definition) is 4. The quantitative estimate of drug-likeness (QED) is 0.287. The van der Waals surface area contributed by atoms with Crippen LogP contribution < -0.4 is 6.15 Å². The monoisotopic (exact) mass is 189 g/mol. The van der Waals surface area contributed by atoms with Crippen molar-refractivity contribution in [3.63, 3.8) is 0 Å². The second kappa shape index (κ2) is 11.5. The Labute approximate surface area is 71.6 Å². The third kappa shape index (κ3) is 807. The SMILES string of the molecule is N.O=S(=O)(O)O.[AlH3].[O]=[AlH]. The summed E-state index contributed by atoms with van der Waals surface area (Å²) < 4.78 is 39.9. The first-order chi connectivity index (χ1) is 3.00. The average Bonchev–Trinajstić information content (AvgIpc) is 1.36. The predicted molar refractivity (Wildman–Crippen MR) is 37.0 cm³/mol. The van der Waals surface area contributed by atoms with Crippen molar-refractivity contribution in [3.8, 4) is 0 Å². The van der Waals surface area contributed by atoms with Crippen molar-refractivity contribution >= 4 is 44.0 Å². The third-order valence-electron chi connectivity index (χ3n) is 0. The van der Waals surface area contributed by atoms with E-state index in [0.29, 0.717) is 16.2 Å². The maximum absolute atomic E-state index is 8.74. The van der Waals surface area contributed by atoms with Gasteiger partial charge in [-0.15, -0.1) is 0 Å². The van der Waals surface area contributed by atoms with Crippen LogP contribution in [0.4, 0.5) is 0 Å². The molecule has 0 bridgehead atoms. The maximum atomic E-state index is 8.74. The molecular formula is H9Al2NO5S. The summed E-state index contributed by atoms with van der Waals surface area (Å²) in [5.74, 6) is 0. The Hall–Kier alpha value is 0.695. The minimum absolute atomic E-state index is 0. The molecule has 0 amide bonds. The van der Waals surface area contributed by atoms with E-state index in [0.717, 1.165) is 0 Å². The van der Waals surface area contributed by atoms with E-state index in [1.54, 1.807) is 0 Å². The summed E-state index contributed by atoms with van der Waals surface area (Å²) in [4.78, 5) is 0. The van der Waals surface area contributed by atoms with Crippen molar-refractivity contribution in [2.45, 2.75) is 0 Å². The van der Waals surface area contributed by atoms with Gasteiger partial charge in [0.15, 0.2) is 17.4 Å². The van der Waals surface area contributed by atoms with Crippen LogP contribution in [0, 0.1) is 0 Å². The first kappa shape index (κ1) is 22.6. The first-order valence-corrected chi connectivity index (χ1v) is 2.96. The fraction of sp³-hybridized carbons (Fsp3) is 0. The molecule has 5 N–H and O–H groups in total. The molecule has 0 aromatic heterocycles. The van der Waals surface area contributed by atoms with Gasteiger partial charge in [0.05, 0.1) is 0 Å². The Morgan fingerprint density at radius 1 is 1.11 bits per heavy atom. The average molecular weight is 189 g/mol. The summed E-state index contributed by atoms with van der Waals surface area (Å²) in [5.41, 5.74) is 0. The van der Waals surface area contributed by atoms with Gasteiger partial charge in [-0.2, -0.15) is 8.42 Å².